The molecule has 0 aromatic heterocycles. The Morgan fingerprint density at radius 2 is 1.39 bits per heavy atom. The number of nitrogens with one attached hydrogen (secondary N) is 1. The van der Waals surface area contributed by atoms with E-state index in [0.717, 1.165) is 24.6 Å². The zero-order chi connectivity index (χ0) is 27.8. The third-order valence-electron chi connectivity index (χ3n) is 7.19. The number of Topliss-reactive ketones (excluding diaryl/α,β-unsaturated/α-hetero) is 1. The van der Waals surface area contributed by atoms with E-state index in [9.17, 15) is 14.4 Å². The Bertz CT molecular complexity index is 836. The molecule has 0 amide bonds. The summed E-state index contributed by atoms with van der Waals surface area (Å²) < 4.78 is 10.3. The Balaban J connectivity index is 1.62. The fraction of sp³-hybridized carbons (Fsp3) is 0.719. The molecule has 0 saturated heterocycles. The number of hydrogen-bond donors (Lipinski definition) is 1. The van der Waals surface area contributed by atoms with E-state index in [4.69, 9.17) is 9.47 Å². The first-order valence-corrected chi connectivity index (χ1v) is 15.0. The lowest BCUT2D eigenvalue weighted by molar-refractivity contribution is -0.166. The predicted molar refractivity (Wildman–Crippen MR) is 153 cm³/mol. The van der Waals surface area contributed by atoms with Crippen LogP contribution in [0.1, 0.15) is 128 Å². The van der Waals surface area contributed by atoms with Crippen LogP contribution in [0.15, 0.2) is 24.3 Å². The molecule has 214 valence electrons. The van der Waals surface area contributed by atoms with Gasteiger partial charge in [-0.2, -0.15) is 0 Å². The molecule has 1 atom stereocenters. The monoisotopic (exact) mass is 529 g/mol. The summed E-state index contributed by atoms with van der Waals surface area (Å²) in [5.74, 6) is -2.96. The van der Waals surface area contributed by atoms with Crippen LogP contribution >= 0.6 is 0 Å². The van der Waals surface area contributed by atoms with Crippen molar-refractivity contribution >= 4 is 23.4 Å². The Kier molecular flexibility index (Phi) is 14.5. The van der Waals surface area contributed by atoms with Gasteiger partial charge in [0.25, 0.3) is 0 Å². The largest absolute Gasteiger partial charge is 0.465 e. The molecule has 2 rings (SSSR count). The maximum Gasteiger partial charge on any atom is 0.328 e. The van der Waals surface area contributed by atoms with Crippen molar-refractivity contribution in [3.05, 3.63) is 29.8 Å². The number of carbonyl (C=O) groups is 3. The number of esters is 2. The zero-order valence-electron chi connectivity index (χ0n) is 24.3. The van der Waals surface area contributed by atoms with Gasteiger partial charge in [-0.25, -0.2) is 0 Å². The van der Waals surface area contributed by atoms with Gasteiger partial charge in [0.1, 0.15) is 5.60 Å². The molecule has 1 aromatic carbocycles. The average molecular weight is 530 g/mol. The van der Waals surface area contributed by atoms with E-state index in [1.807, 2.05) is 0 Å². The van der Waals surface area contributed by atoms with E-state index in [0.29, 0.717) is 0 Å². The summed E-state index contributed by atoms with van der Waals surface area (Å²) in [4.78, 5) is 37.9. The number of carbonyl (C=O) groups excluding carboxylic acids is 3. The Morgan fingerprint density at radius 1 is 0.842 bits per heavy atom. The molecule has 0 heterocycles. The van der Waals surface area contributed by atoms with E-state index in [1.54, 1.807) is 52.0 Å². The maximum atomic E-state index is 13.0. The topological polar surface area (TPSA) is 81.7 Å². The first-order valence-electron chi connectivity index (χ1n) is 15.0. The molecule has 38 heavy (non-hydrogen) atoms. The molecule has 1 saturated carbocycles. The average Bonchev–Trinajstić information content (AvgIpc) is 3.38. The molecule has 0 bridgehead atoms. The highest BCUT2D eigenvalue weighted by Gasteiger charge is 2.39. The number of ketones is 1. The second-order valence-electron chi connectivity index (χ2n) is 11.7. The van der Waals surface area contributed by atoms with Crippen molar-refractivity contribution in [2.45, 2.75) is 123 Å². The third-order valence-corrected chi connectivity index (χ3v) is 7.19. The van der Waals surface area contributed by atoms with E-state index >= 15 is 0 Å². The van der Waals surface area contributed by atoms with Gasteiger partial charge in [-0.1, -0.05) is 83.5 Å². The normalized spacial score (nSPS) is 14.7. The van der Waals surface area contributed by atoms with Crippen LogP contribution in [0.4, 0.5) is 5.69 Å². The number of ether oxygens (including phenoxy) is 2. The van der Waals surface area contributed by atoms with Gasteiger partial charge in [0, 0.05) is 17.8 Å². The summed E-state index contributed by atoms with van der Waals surface area (Å²) in [5.41, 5.74) is 0.367. The van der Waals surface area contributed by atoms with Crippen LogP contribution in [0.3, 0.4) is 0 Å². The Labute approximate surface area is 230 Å². The van der Waals surface area contributed by atoms with Gasteiger partial charge < -0.3 is 14.8 Å². The van der Waals surface area contributed by atoms with Crippen LogP contribution in [-0.2, 0) is 19.1 Å². The molecule has 1 aliphatic carbocycles. The summed E-state index contributed by atoms with van der Waals surface area (Å²) in [6.07, 6.45) is 19.2. The van der Waals surface area contributed by atoms with Gasteiger partial charge in [0.15, 0.2) is 5.78 Å². The minimum Gasteiger partial charge on any atom is -0.465 e. The van der Waals surface area contributed by atoms with Crippen LogP contribution in [0.2, 0.25) is 0 Å². The highest BCUT2D eigenvalue weighted by molar-refractivity contribution is 6.20. The molecule has 6 nitrogen and oxygen atoms in total. The zero-order valence-corrected chi connectivity index (χ0v) is 24.3. The van der Waals surface area contributed by atoms with Crippen LogP contribution in [0, 0.1) is 11.8 Å². The Hall–Kier alpha value is -2.37. The molecule has 1 fully saturated rings. The molecular weight excluding hydrogens is 478 g/mol. The second-order valence-corrected chi connectivity index (χ2v) is 11.7. The Morgan fingerprint density at radius 3 is 1.95 bits per heavy atom. The third kappa shape index (κ3) is 12.4. The molecule has 0 spiro atoms. The van der Waals surface area contributed by atoms with Crippen molar-refractivity contribution in [1.82, 2.24) is 0 Å². The number of unbranched alkanes of at least 4 members (excludes halogenated alkanes) is 8. The quantitative estimate of drug-likeness (QED) is 0.0901. The van der Waals surface area contributed by atoms with Crippen molar-refractivity contribution in [2.24, 2.45) is 11.8 Å². The van der Waals surface area contributed by atoms with E-state index in [-0.39, 0.29) is 12.2 Å². The predicted octanol–water partition coefficient (Wildman–Crippen LogP) is 7.89. The van der Waals surface area contributed by atoms with Crippen molar-refractivity contribution in [2.75, 3.05) is 18.5 Å². The van der Waals surface area contributed by atoms with Gasteiger partial charge in [0.2, 0.25) is 5.92 Å². The van der Waals surface area contributed by atoms with E-state index in [2.05, 4.69) is 5.32 Å². The molecule has 1 N–H and O–H groups in total. The molecule has 0 radical (unpaired) electrons. The summed E-state index contributed by atoms with van der Waals surface area (Å²) in [6.45, 7) is 7.66. The molecule has 1 unspecified atom stereocenters. The minimum absolute atomic E-state index is 0.0780. The van der Waals surface area contributed by atoms with Crippen LogP contribution in [0.25, 0.3) is 0 Å². The van der Waals surface area contributed by atoms with Crippen molar-refractivity contribution in [3.8, 4) is 0 Å². The summed E-state index contributed by atoms with van der Waals surface area (Å²) in [5, 5.41) is 3.39. The fourth-order valence-corrected chi connectivity index (χ4v) is 5.14. The summed E-state index contributed by atoms with van der Waals surface area (Å²) in [6, 6.07) is 6.87. The maximum absolute atomic E-state index is 13.0. The van der Waals surface area contributed by atoms with Crippen LogP contribution in [-0.4, -0.2) is 36.5 Å². The van der Waals surface area contributed by atoms with E-state index in [1.165, 1.54) is 83.5 Å². The van der Waals surface area contributed by atoms with E-state index < -0.39 is 29.2 Å². The first kappa shape index (κ1) is 31.8. The SMILES string of the molecule is CCOC(=O)C(C(=O)OC(C)(C)C)C(=O)c1ccc(NCCCCCCCCCCCC2CCCC2)cc1. The second kappa shape index (κ2) is 17.3. The van der Waals surface area contributed by atoms with Crippen LogP contribution < -0.4 is 5.32 Å². The highest BCUT2D eigenvalue weighted by atomic mass is 16.6. The summed E-state index contributed by atoms with van der Waals surface area (Å²) >= 11 is 0. The van der Waals surface area contributed by atoms with Gasteiger partial charge in [-0.15, -0.1) is 0 Å². The lowest BCUT2D eigenvalue weighted by Gasteiger charge is -2.22. The van der Waals surface area contributed by atoms with Gasteiger partial charge >= 0.3 is 11.9 Å². The standard InChI is InChI=1S/C32H51NO5/c1-5-37-30(35)28(31(36)38-32(2,3)4)29(34)26-20-22-27(23-21-26)33-24-16-12-10-8-6-7-9-11-13-17-25-18-14-15-19-25/h20-23,25,28,33H,5-19,24H2,1-4H3. The molecular formula is C32H51NO5. The number of hydrogen-bond acceptors (Lipinski definition) is 6. The minimum atomic E-state index is -1.62. The molecule has 1 aliphatic rings. The number of anilines is 1. The lowest BCUT2D eigenvalue weighted by Crippen LogP contribution is -2.38. The van der Waals surface area contributed by atoms with Gasteiger partial charge in [-0.3, -0.25) is 14.4 Å². The lowest BCUT2D eigenvalue weighted by atomic mass is 9.97. The number of rotatable bonds is 18. The first-order chi connectivity index (χ1) is 18.2. The molecule has 6 heteroatoms. The van der Waals surface area contributed by atoms with Crippen molar-refractivity contribution in [3.63, 3.8) is 0 Å². The highest BCUT2D eigenvalue weighted by Crippen LogP contribution is 2.29. The summed E-state index contributed by atoms with van der Waals surface area (Å²) in [7, 11) is 0. The van der Waals surface area contributed by atoms with Crippen molar-refractivity contribution in [1.29, 1.82) is 0 Å². The molecule has 1 aromatic rings. The van der Waals surface area contributed by atoms with Gasteiger partial charge in [-0.05, 0) is 64.3 Å². The fourth-order valence-electron chi connectivity index (χ4n) is 5.14. The van der Waals surface area contributed by atoms with Crippen LogP contribution in [0.5, 0.6) is 0 Å². The smallest absolute Gasteiger partial charge is 0.328 e. The van der Waals surface area contributed by atoms with Gasteiger partial charge in [0.05, 0.1) is 6.61 Å². The number of benzene rings is 1. The molecule has 0 aliphatic heterocycles. The van der Waals surface area contributed by atoms with Crippen molar-refractivity contribution < 1.29 is 23.9 Å².